The molecule has 0 aromatic heterocycles. The van der Waals surface area contributed by atoms with Crippen molar-refractivity contribution in [3.63, 3.8) is 0 Å². The van der Waals surface area contributed by atoms with Crippen molar-refractivity contribution in [3.05, 3.63) is 0 Å². The summed E-state index contributed by atoms with van der Waals surface area (Å²) in [7, 11) is 0. The van der Waals surface area contributed by atoms with Gasteiger partial charge in [0.25, 0.3) is 0 Å². The lowest BCUT2D eigenvalue weighted by Gasteiger charge is -2.15. The zero-order valence-corrected chi connectivity index (χ0v) is 34.6. The summed E-state index contributed by atoms with van der Waals surface area (Å²) in [5.74, 6) is -4.11. The summed E-state index contributed by atoms with van der Waals surface area (Å²) in [6, 6.07) is 0. The zero-order valence-electron chi connectivity index (χ0n) is 34.6. The van der Waals surface area contributed by atoms with Crippen LogP contribution in [-0.2, 0) is 43.2 Å². The van der Waals surface area contributed by atoms with Gasteiger partial charge in [-0.05, 0) is 77.0 Å². The highest BCUT2D eigenvalue weighted by atomic mass is 16.5. The molecule has 21 nitrogen and oxygen atoms in total. The Morgan fingerprint density at radius 3 is 0.898 bits per heavy atom. The summed E-state index contributed by atoms with van der Waals surface area (Å²) in [5.41, 5.74) is 0. The maximum atomic E-state index is 12.2. The molecule has 0 atom stereocenters. The number of carbonyl (C=O) groups excluding carboxylic acids is 8. The van der Waals surface area contributed by atoms with Gasteiger partial charge in [0.1, 0.15) is 0 Å². The number of carboxylic acid groups (broad SMARTS) is 1. The smallest absolute Gasteiger partial charge is 0.303 e. The normalized spacial score (nSPS) is 10.6. The van der Waals surface area contributed by atoms with Gasteiger partial charge >= 0.3 is 5.97 Å². The summed E-state index contributed by atoms with van der Waals surface area (Å²) in [5, 5.41) is 53.1. The Kier molecular flexibility index (Phi) is 32.2. The lowest BCUT2D eigenvalue weighted by molar-refractivity contribution is -0.166. The lowest BCUT2D eigenvalue weighted by Crippen LogP contribution is -2.31. The molecule has 0 radical (unpaired) electrons. The first-order valence-electron chi connectivity index (χ1n) is 20.6. The topological polar surface area (TPSA) is 304 Å². The molecular formula is C38H68N8O13. The van der Waals surface area contributed by atoms with Crippen LogP contribution in [0.15, 0.2) is 0 Å². The number of hydroxylamine groups is 6. The molecule has 0 aliphatic rings. The Morgan fingerprint density at radius 1 is 0.356 bits per heavy atom. The van der Waals surface area contributed by atoms with E-state index in [0.29, 0.717) is 112 Å². The van der Waals surface area contributed by atoms with Gasteiger partial charge in [-0.25, -0.2) is 15.2 Å². The molecule has 0 aromatic rings. The highest BCUT2D eigenvalue weighted by Crippen LogP contribution is 2.04. The van der Waals surface area contributed by atoms with Gasteiger partial charge in [-0.3, -0.25) is 58.8 Å². The van der Waals surface area contributed by atoms with E-state index in [9.17, 15) is 58.8 Å². The number of aliphatic carboxylic acids is 1. The van der Waals surface area contributed by atoms with Crippen LogP contribution >= 0.6 is 0 Å². The Bertz CT molecular complexity index is 1300. The number of rotatable bonds is 36. The summed E-state index contributed by atoms with van der Waals surface area (Å²) < 4.78 is 0. The zero-order chi connectivity index (χ0) is 44.3. The van der Waals surface area contributed by atoms with Crippen LogP contribution in [-0.4, -0.2) is 142 Å². The van der Waals surface area contributed by atoms with Crippen LogP contribution < -0.4 is 26.6 Å². The van der Waals surface area contributed by atoms with Gasteiger partial charge in [0.2, 0.25) is 47.3 Å². The minimum atomic E-state index is -1.05. The molecule has 0 spiro atoms. The molecule has 0 aliphatic heterocycles. The summed E-state index contributed by atoms with van der Waals surface area (Å²) in [6.07, 6.45) is 6.78. The maximum Gasteiger partial charge on any atom is 0.303 e. The third-order valence-corrected chi connectivity index (χ3v) is 8.82. The fraction of sp³-hybridized carbons (Fsp3) is 0.763. The van der Waals surface area contributed by atoms with Crippen molar-refractivity contribution < 1.29 is 63.9 Å². The van der Waals surface area contributed by atoms with Crippen LogP contribution in [0, 0.1) is 0 Å². The summed E-state index contributed by atoms with van der Waals surface area (Å²) in [6.45, 7) is 3.64. The number of hydrogen-bond acceptors (Lipinski definition) is 12. The number of unbranched alkanes of at least 4 members (excludes halogenated alkanes) is 8. The third kappa shape index (κ3) is 33.8. The SMILES string of the molecule is CC(=O)N(O)CCCCCNC(=O)CCC(=O)NCCCCCNC(=O)CCC(=O)N(O)CCCCCNC(=O)CCC(=O)N(O)CCCCCNC(=O)CCC(=O)O. The first-order valence-corrected chi connectivity index (χ1v) is 20.6. The van der Waals surface area contributed by atoms with Gasteiger partial charge in [-0.2, -0.15) is 0 Å². The van der Waals surface area contributed by atoms with Crippen LogP contribution in [0.3, 0.4) is 0 Å². The molecule has 8 amide bonds. The second-order valence-corrected chi connectivity index (χ2v) is 14.1. The van der Waals surface area contributed by atoms with E-state index < -0.39 is 23.7 Å². The fourth-order valence-corrected chi connectivity index (χ4v) is 5.25. The summed E-state index contributed by atoms with van der Waals surface area (Å²) in [4.78, 5) is 105. The van der Waals surface area contributed by atoms with E-state index in [0.717, 1.165) is 12.8 Å². The van der Waals surface area contributed by atoms with E-state index in [1.54, 1.807) is 0 Å². The molecule has 0 rings (SSSR count). The van der Waals surface area contributed by atoms with E-state index in [4.69, 9.17) is 5.11 Å². The Hall–Kier alpha value is -4.89. The molecule has 59 heavy (non-hydrogen) atoms. The van der Waals surface area contributed by atoms with Gasteiger partial charge in [0.05, 0.1) is 6.42 Å². The fourth-order valence-electron chi connectivity index (χ4n) is 5.25. The van der Waals surface area contributed by atoms with Crippen LogP contribution in [0.4, 0.5) is 0 Å². The number of hydrogen-bond donors (Lipinski definition) is 9. The molecule has 0 fully saturated rings. The van der Waals surface area contributed by atoms with Gasteiger partial charge in [0.15, 0.2) is 0 Å². The molecule has 0 aromatic carbocycles. The van der Waals surface area contributed by atoms with E-state index in [1.165, 1.54) is 6.92 Å². The van der Waals surface area contributed by atoms with E-state index in [-0.39, 0.29) is 101 Å². The van der Waals surface area contributed by atoms with E-state index in [1.807, 2.05) is 0 Å². The minimum absolute atomic E-state index is 0.0665. The number of nitrogens with one attached hydrogen (secondary N) is 5. The lowest BCUT2D eigenvalue weighted by atomic mass is 10.2. The second kappa shape index (κ2) is 35.1. The first-order chi connectivity index (χ1) is 28.1. The standard InChI is InChI=1S/C38H68N8O13/c1-30(47)44(57)27-11-3-8-24-40-32(49)15-14-31(48)39-22-6-2-7-23-41-33(50)16-19-36(53)45(58)28-12-4-9-25-42-34(51)17-20-37(54)46(59)29-13-5-10-26-43-35(52)18-21-38(55)56/h57-59H,2-29H2,1H3,(H,39,48)(H,40,49)(H,41,50)(H,42,51)(H,43,52)(H,55,56). The summed E-state index contributed by atoms with van der Waals surface area (Å²) >= 11 is 0. The average Bonchev–Trinajstić information content (AvgIpc) is 3.20. The predicted molar refractivity (Wildman–Crippen MR) is 211 cm³/mol. The number of nitrogens with zero attached hydrogens (tertiary/aromatic N) is 3. The van der Waals surface area contributed by atoms with Crippen LogP contribution in [0.25, 0.3) is 0 Å². The van der Waals surface area contributed by atoms with Crippen molar-refractivity contribution in [1.29, 1.82) is 0 Å². The minimum Gasteiger partial charge on any atom is -0.481 e. The van der Waals surface area contributed by atoms with Crippen molar-refractivity contribution in [1.82, 2.24) is 41.8 Å². The first kappa shape index (κ1) is 54.1. The largest absolute Gasteiger partial charge is 0.481 e. The van der Waals surface area contributed by atoms with E-state index in [2.05, 4.69) is 26.6 Å². The molecule has 9 N–H and O–H groups in total. The van der Waals surface area contributed by atoms with Gasteiger partial charge in [0, 0.05) is 104 Å². The van der Waals surface area contributed by atoms with Crippen LogP contribution in [0.5, 0.6) is 0 Å². The van der Waals surface area contributed by atoms with E-state index >= 15 is 0 Å². The quantitative estimate of drug-likeness (QED) is 0.0243. The number of carboxylic acids is 1. The molecule has 0 aliphatic carbocycles. The van der Waals surface area contributed by atoms with Crippen molar-refractivity contribution in [2.24, 2.45) is 0 Å². The van der Waals surface area contributed by atoms with Crippen molar-refractivity contribution in [2.75, 3.05) is 52.4 Å². The van der Waals surface area contributed by atoms with Crippen LogP contribution in [0.1, 0.15) is 135 Å². The van der Waals surface area contributed by atoms with Crippen molar-refractivity contribution in [3.8, 4) is 0 Å². The molecule has 0 unspecified atom stereocenters. The molecular weight excluding hydrogens is 776 g/mol. The third-order valence-electron chi connectivity index (χ3n) is 8.82. The predicted octanol–water partition coefficient (Wildman–Crippen LogP) is 1.13. The number of amides is 8. The molecule has 0 saturated heterocycles. The Labute approximate surface area is 346 Å². The highest BCUT2D eigenvalue weighted by Gasteiger charge is 2.15. The average molecular weight is 845 g/mol. The van der Waals surface area contributed by atoms with Crippen molar-refractivity contribution >= 4 is 53.2 Å². The van der Waals surface area contributed by atoms with Gasteiger partial charge < -0.3 is 31.7 Å². The van der Waals surface area contributed by atoms with Gasteiger partial charge in [-0.1, -0.05) is 0 Å². The molecule has 0 heterocycles. The van der Waals surface area contributed by atoms with Crippen molar-refractivity contribution in [2.45, 2.75) is 135 Å². The molecule has 21 heteroatoms. The second-order valence-electron chi connectivity index (χ2n) is 14.1. The molecule has 338 valence electrons. The van der Waals surface area contributed by atoms with Gasteiger partial charge in [-0.15, -0.1) is 0 Å². The maximum absolute atomic E-state index is 12.2. The Balaban J connectivity index is 3.75. The molecule has 0 bridgehead atoms. The highest BCUT2D eigenvalue weighted by molar-refractivity contribution is 5.84. The Morgan fingerprint density at radius 2 is 0.610 bits per heavy atom. The van der Waals surface area contributed by atoms with Crippen LogP contribution in [0.2, 0.25) is 0 Å². The molecule has 0 saturated carbocycles. The number of carbonyl (C=O) groups is 9. The monoisotopic (exact) mass is 844 g/mol.